The maximum atomic E-state index is 14.1. The molecule has 0 aliphatic carbocycles. The number of para-hydroxylation sites is 1. The number of nitrogens with zero attached hydrogens (tertiary/aromatic N) is 2. The molecule has 45 heavy (non-hydrogen) atoms. The number of rotatable bonds is 7. The number of carbonyl (C=O) groups excluding carboxylic acids is 2. The van der Waals surface area contributed by atoms with Crippen molar-refractivity contribution in [3.8, 4) is 5.69 Å². The van der Waals surface area contributed by atoms with E-state index in [4.69, 9.17) is 9.52 Å². The molecule has 8 heteroatoms. The summed E-state index contributed by atoms with van der Waals surface area (Å²) in [6, 6.07) is 25.0. The summed E-state index contributed by atoms with van der Waals surface area (Å²) in [6.07, 6.45) is 1.81. The lowest BCUT2D eigenvalue weighted by Crippen LogP contribution is -2.33. The Balaban J connectivity index is 1.23. The largest absolute Gasteiger partial charge is 0.453 e. The van der Waals surface area contributed by atoms with E-state index in [-0.39, 0.29) is 29.1 Å². The first-order valence-electron chi connectivity index (χ1n) is 15.7. The van der Waals surface area contributed by atoms with E-state index in [0.717, 1.165) is 65.0 Å². The van der Waals surface area contributed by atoms with Crippen LogP contribution in [0.3, 0.4) is 0 Å². The van der Waals surface area contributed by atoms with E-state index in [1.165, 1.54) is 0 Å². The first-order chi connectivity index (χ1) is 21.6. The predicted octanol–water partition coefficient (Wildman–Crippen LogP) is 8.14. The number of hydrogen-bond donors (Lipinski definition) is 3. The first kappa shape index (κ1) is 30.3. The summed E-state index contributed by atoms with van der Waals surface area (Å²) < 4.78 is 7.88. The molecule has 5 aromatic rings. The molecule has 232 valence electrons. The lowest BCUT2D eigenvalue weighted by molar-refractivity contribution is 0.0889. The Bertz CT molecular complexity index is 1820. The van der Waals surface area contributed by atoms with Gasteiger partial charge in [-0.1, -0.05) is 68.8 Å². The van der Waals surface area contributed by atoms with Crippen LogP contribution in [0.4, 0.5) is 16.3 Å². The van der Waals surface area contributed by atoms with Gasteiger partial charge in [0, 0.05) is 28.1 Å². The highest BCUT2D eigenvalue weighted by atomic mass is 16.3. The second-order valence-corrected chi connectivity index (χ2v) is 13.1. The van der Waals surface area contributed by atoms with Crippen molar-refractivity contribution in [2.75, 3.05) is 23.7 Å². The van der Waals surface area contributed by atoms with Gasteiger partial charge in [-0.05, 0) is 81.6 Å². The number of ketones is 1. The Hall–Kier alpha value is -4.69. The van der Waals surface area contributed by atoms with Gasteiger partial charge in [0.2, 0.25) is 5.78 Å². The monoisotopic (exact) mass is 603 g/mol. The second kappa shape index (κ2) is 12.4. The molecule has 0 bridgehead atoms. The van der Waals surface area contributed by atoms with Crippen LogP contribution in [-0.2, 0) is 5.41 Å². The molecule has 2 aromatic heterocycles. The zero-order valence-electron chi connectivity index (χ0n) is 26.6. The van der Waals surface area contributed by atoms with Crippen LogP contribution in [0, 0.1) is 19.8 Å². The van der Waals surface area contributed by atoms with Crippen LogP contribution in [0.25, 0.3) is 16.7 Å². The predicted molar refractivity (Wildman–Crippen MR) is 180 cm³/mol. The van der Waals surface area contributed by atoms with Crippen LogP contribution < -0.4 is 16.0 Å². The van der Waals surface area contributed by atoms with Crippen molar-refractivity contribution in [1.29, 1.82) is 0 Å². The summed E-state index contributed by atoms with van der Waals surface area (Å²) in [5.41, 5.74) is 5.85. The molecule has 1 saturated heterocycles. The number of benzene rings is 3. The molecular formula is C37H41N5O3. The van der Waals surface area contributed by atoms with Crippen LogP contribution in [-0.4, -0.2) is 34.7 Å². The van der Waals surface area contributed by atoms with Crippen molar-refractivity contribution < 1.29 is 14.0 Å². The minimum Gasteiger partial charge on any atom is -0.453 e. The smallest absolute Gasteiger partial charge is 0.324 e. The third kappa shape index (κ3) is 6.42. The molecule has 2 amide bonds. The lowest BCUT2D eigenvalue weighted by Gasteiger charge is -2.30. The van der Waals surface area contributed by atoms with Gasteiger partial charge in [-0.25, -0.2) is 9.48 Å². The molecule has 3 heterocycles. The molecule has 1 atom stereocenters. The fraction of sp³-hybridized carbons (Fsp3) is 0.324. The van der Waals surface area contributed by atoms with Crippen LogP contribution in [0.15, 0.2) is 83.3 Å². The normalized spacial score (nSPS) is 14.8. The number of urea groups is 1. The number of amides is 2. The van der Waals surface area contributed by atoms with Gasteiger partial charge in [0.15, 0.2) is 5.76 Å². The molecule has 1 aliphatic rings. The third-order valence-electron chi connectivity index (χ3n) is 8.73. The summed E-state index contributed by atoms with van der Waals surface area (Å²) in [5, 5.41) is 15.1. The van der Waals surface area contributed by atoms with Gasteiger partial charge in [0.05, 0.1) is 17.3 Å². The molecule has 3 N–H and O–H groups in total. The Morgan fingerprint density at radius 3 is 2.29 bits per heavy atom. The number of piperidine rings is 1. The minimum absolute atomic E-state index is 0.00747. The van der Waals surface area contributed by atoms with Gasteiger partial charge in [-0.2, -0.15) is 5.10 Å². The van der Waals surface area contributed by atoms with E-state index in [1.807, 2.05) is 92.7 Å². The van der Waals surface area contributed by atoms with E-state index in [0.29, 0.717) is 17.3 Å². The molecule has 8 nitrogen and oxygen atoms in total. The van der Waals surface area contributed by atoms with Crippen LogP contribution in [0.5, 0.6) is 0 Å². The highest BCUT2D eigenvalue weighted by Gasteiger charge is 2.34. The minimum atomic E-state index is -0.375. The number of furan rings is 1. The Kier molecular flexibility index (Phi) is 8.34. The van der Waals surface area contributed by atoms with Crippen molar-refractivity contribution in [2.24, 2.45) is 5.92 Å². The maximum absolute atomic E-state index is 14.1. The number of aromatic nitrogens is 2. The number of aryl methyl sites for hydroxylation is 2. The molecule has 0 radical (unpaired) electrons. The Morgan fingerprint density at radius 1 is 0.933 bits per heavy atom. The SMILES string of the molecule is Cc1ccc(-n2nc(C(C)(C)C)cc2NC(=O)Nc2ccc(C(C(=O)c3oc4ccccc4c3C)C3CCNCC3)cc2)cc1. The fourth-order valence-corrected chi connectivity index (χ4v) is 6.14. The topological polar surface area (TPSA) is 101 Å². The van der Waals surface area contributed by atoms with Crippen molar-refractivity contribution in [3.63, 3.8) is 0 Å². The summed E-state index contributed by atoms with van der Waals surface area (Å²) >= 11 is 0. The highest BCUT2D eigenvalue weighted by molar-refractivity contribution is 6.04. The number of nitrogens with one attached hydrogen (secondary N) is 3. The van der Waals surface area contributed by atoms with E-state index in [1.54, 1.807) is 4.68 Å². The molecule has 1 unspecified atom stereocenters. The molecule has 1 aliphatic heterocycles. The first-order valence-corrected chi connectivity index (χ1v) is 15.7. The molecule has 6 rings (SSSR count). The van der Waals surface area contributed by atoms with E-state index in [2.05, 4.69) is 36.7 Å². The van der Waals surface area contributed by atoms with Crippen molar-refractivity contribution in [2.45, 2.75) is 58.8 Å². The second-order valence-electron chi connectivity index (χ2n) is 13.1. The summed E-state index contributed by atoms with van der Waals surface area (Å²) in [7, 11) is 0. The number of fused-ring (bicyclic) bond motifs is 1. The zero-order valence-corrected chi connectivity index (χ0v) is 26.6. The summed E-state index contributed by atoms with van der Waals surface area (Å²) in [4.78, 5) is 27.4. The van der Waals surface area contributed by atoms with E-state index >= 15 is 0 Å². The number of carbonyl (C=O) groups is 2. The summed E-state index contributed by atoms with van der Waals surface area (Å²) in [5.74, 6) is 0.867. The van der Waals surface area contributed by atoms with Crippen LogP contribution in [0.1, 0.15) is 72.5 Å². The van der Waals surface area contributed by atoms with E-state index < -0.39 is 0 Å². The van der Waals surface area contributed by atoms with Crippen molar-refractivity contribution in [1.82, 2.24) is 15.1 Å². The van der Waals surface area contributed by atoms with Gasteiger partial charge in [0.1, 0.15) is 11.4 Å². The van der Waals surface area contributed by atoms with Crippen LogP contribution in [0.2, 0.25) is 0 Å². The highest BCUT2D eigenvalue weighted by Crippen LogP contribution is 2.37. The lowest BCUT2D eigenvalue weighted by atomic mass is 9.77. The Labute approximate surface area is 264 Å². The third-order valence-corrected chi connectivity index (χ3v) is 8.73. The zero-order chi connectivity index (χ0) is 31.7. The molecule has 1 fully saturated rings. The van der Waals surface area contributed by atoms with Gasteiger partial charge in [-0.15, -0.1) is 0 Å². The average molecular weight is 604 g/mol. The number of anilines is 2. The maximum Gasteiger partial charge on any atom is 0.324 e. The van der Waals surface area contributed by atoms with Crippen molar-refractivity contribution >= 4 is 34.3 Å². The van der Waals surface area contributed by atoms with Gasteiger partial charge in [0.25, 0.3) is 0 Å². The average Bonchev–Trinajstić information content (AvgIpc) is 3.60. The molecule has 0 saturated carbocycles. The molecule has 0 spiro atoms. The summed E-state index contributed by atoms with van der Waals surface area (Å²) in [6.45, 7) is 12.0. The van der Waals surface area contributed by atoms with Crippen molar-refractivity contribution in [3.05, 3.63) is 107 Å². The Morgan fingerprint density at radius 2 is 1.62 bits per heavy atom. The number of hydrogen-bond acceptors (Lipinski definition) is 5. The van der Waals surface area contributed by atoms with E-state index in [9.17, 15) is 9.59 Å². The fourth-order valence-electron chi connectivity index (χ4n) is 6.14. The van der Waals surface area contributed by atoms with Crippen LogP contribution >= 0.6 is 0 Å². The molecular weight excluding hydrogens is 562 g/mol. The van der Waals surface area contributed by atoms with Gasteiger partial charge >= 0.3 is 6.03 Å². The standard InChI is InChI=1S/C37H41N5O3/c1-23-10-16-28(17-11-23)42-32(22-31(41-42)37(3,4)5)40-36(44)39-27-14-12-25(13-15-27)33(26-18-20-38-21-19-26)34(43)35-24(2)29-8-6-7-9-30(29)45-35/h6-17,22,26,33,38H,18-21H2,1-5H3,(H2,39,40,44). The number of Topliss-reactive ketones (excluding diaryl/α,β-unsaturated/α-hetero) is 1. The molecule has 3 aromatic carbocycles. The quantitative estimate of drug-likeness (QED) is 0.163. The van der Waals surface area contributed by atoms with Gasteiger partial charge < -0.3 is 15.1 Å². The van der Waals surface area contributed by atoms with Gasteiger partial charge in [-0.3, -0.25) is 10.1 Å².